The summed E-state index contributed by atoms with van der Waals surface area (Å²) in [6, 6.07) is 0. The Morgan fingerprint density at radius 2 is 0.962 bits per heavy atom. The SMILES string of the molecule is FC(OC(F)(F)C(F)(OC(F)(F)C(F)(F)C(F)F)C(F)(F)F)C(F)(F)F. The summed E-state index contributed by atoms with van der Waals surface area (Å²) in [4.78, 5) is 0. The van der Waals surface area contributed by atoms with Gasteiger partial charge in [0.25, 0.3) is 6.36 Å². The monoisotopic (exact) mass is 434 g/mol. The Morgan fingerprint density at radius 3 is 1.23 bits per heavy atom. The van der Waals surface area contributed by atoms with Crippen molar-refractivity contribution in [2.45, 2.75) is 49.1 Å². The third-order valence-corrected chi connectivity index (χ3v) is 2.18. The van der Waals surface area contributed by atoms with Gasteiger partial charge in [0.1, 0.15) is 0 Å². The summed E-state index contributed by atoms with van der Waals surface area (Å²) < 4.78 is 200. The molecule has 0 aliphatic carbocycles. The number of halogens is 16. The molecule has 0 aliphatic rings. The van der Waals surface area contributed by atoms with Crippen LogP contribution in [0.5, 0.6) is 0 Å². The Morgan fingerprint density at radius 1 is 0.577 bits per heavy atom. The highest BCUT2D eigenvalue weighted by atomic mass is 19.4. The molecule has 2 atom stereocenters. The van der Waals surface area contributed by atoms with Gasteiger partial charge in [0.05, 0.1) is 0 Å². The van der Waals surface area contributed by atoms with Gasteiger partial charge in [0, 0.05) is 0 Å². The quantitative estimate of drug-likeness (QED) is 0.514. The van der Waals surface area contributed by atoms with Crippen LogP contribution in [0.15, 0.2) is 0 Å². The second-order valence-corrected chi connectivity index (χ2v) is 4.13. The van der Waals surface area contributed by atoms with E-state index < -0.39 is 49.1 Å². The van der Waals surface area contributed by atoms with Crippen LogP contribution < -0.4 is 0 Å². The Hall–Kier alpha value is -1.20. The van der Waals surface area contributed by atoms with Crippen LogP contribution in [0.4, 0.5) is 70.2 Å². The molecule has 0 aromatic heterocycles. The fourth-order valence-electron chi connectivity index (χ4n) is 0.927. The third-order valence-electron chi connectivity index (χ3n) is 2.18. The van der Waals surface area contributed by atoms with Crippen molar-refractivity contribution in [3.63, 3.8) is 0 Å². The van der Waals surface area contributed by atoms with Crippen LogP contribution in [0.1, 0.15) is 0 Å². The Balaban J connectivity index is 6.09. The van der Waals surface area contributed by atoms with Crippen LogP contribution in [0.25, 0.3) is 0 Å². The van der Waals surface area contributed by atoms with Crippen LogP contribution in [0.2, 0.25) is 0 Å². The van der Waals surface area contributed by atoms with E-state index in [1.165, 1.54) is 4.74 Å². The lowest BCUT2D eigenvalue weighted by Crippen LogP contribution is -2.65. The third kappa shape index (κ3) is 4.55. The molecular formula is C8H2F16O2. The number of ether oxygens (including phenoxy) is 2. The summed E-state index contributed by atoms with van der Waals surface area (Å²) in [5.41, 5.74) is 0. The summed E-state index contributed by atoms with van der Waals surface area (Å²) in [5, 5.41) is 0. The van der Waals surface area contributed by atoms with Gasteiger partial charge in [-0.05, 0) is 0 Å². The summed E-state index contributed by atoms with van der Waals surface area (Å²) in [7, 11) is 0. The molecule has 0 fully saturated rings. The maximum Gasteiger partial charge on any atom is 0.458 e. The van der Waals surface area contributed by atoms with Crippen molar-refractivity contribution in [2.75, 3.05) is 0 Å². The van der Waals surface area contributed by atoms with Crippen molar-refractivity contribution in [1.82, 2.24) is 0 Å². The highest BCUT2D eigenvalue weighted by Crippen LogP contribution is 2.53. The van der Waals surface area contributed by atoms with Gasteiger partial charge in [-0.2, -0.15) is 57.1 Å². The molecule has 158 valence electrons. The molecule has 0 saturated carbocycles. The first-order valence-electron chi connectivity index (χ1n) is 5.29. The molecule has 26 heavy (non-hydrogen) atoms. The average Bonchev–Trinajstić information content (AvgIpc) is 2.34. The zero-order valence-electron chi connectivity index (χ0n) is 11.0. The van der Waals surface area contributed by atoms with E-state index in [1.807, 2.05) is 0 Å². The van der Waals surface area contributed by atoms with Gasteiger partial charge in [-0.15, -0.1) is 0 Å². The van der Waals surface area contributed by atoms with Gasteiger partial charge >= 0.3 is 42.8 Å². The maximum absolute atomic E-state index is 13.3. The van der Waals surface area contributed by atoms with Crippen molar-refractivity contribution < 1.29 is 79.7 Å². The van der Waals surface area contributed by atoms with Gasteiger partial charge in [-0.3, -0.25) is 9.47 Å². The Labute approximate surface area is 130 Å². The molecule has 0 aromatic rings. The van der Waals surface area contributed by atoms with E-state index in [4.69, 9.17) is 0 Å². The second kappa shape index (κ2) is 6.75. The van der Waals surface area contributed by atoms with Crippen molar-refractivity contribution in [1.29, 1.82) is 0 Å². The second-order valence-electron chi connectivity index (χ2n) is 4.13. The molecule has 0 heterocycles. The normalized spacial score (nSPS) is 18.8. The van der Waals surface area contributed by atoms with Crippen LogP contribution in [-0.4, -0.2) is 49.1 Å². The first kappa shape index (κ1) is 24.8. The summed E-state index contributed by atoms with van der Waals surface area (Å²) in [6.45, 7) is 0. The van der Waals surface area contributed by atoms with E-state index in [0.29, 0.717) is 0 Å². The van der Waals surface area contributed by atoms with Crippen LogP contribution in [0, 0.1) is 0 Å². The lowest BCUT2D eigenvalue weighted by molar-refractivity contribution is -0.535. The molecule has 0 saturated heterocycles. The molecule has 0 bridgehead atoms. The van der Waals surface area contributed by atoms with Crippen LogP contribution in [-0.2, 0) is 9.47 Å². The number of alkyl halides is 16. The smallest absolute Gasteiger partial charge is 0.272 e. The molecular weight excluding hydrogens is 432 g/mol. The zero-order valence-corrected chi connectivity index (χ0v) is 11.0. The zero-order chi connectivity index (χ0) is 21.6. The van der Waals surface area contributed by atoms with Crippen molar-refractivity contribution >= 4 is 0 Å². The molecule has 0 aliphatic heterocycles. The highest BCUT2D eigenvalue weighted by molar-refractivity contribution is 4.92. The van der Waals surface area contributed by atoms with E-state index in [1.54, 1.807) is 4.74 Å². The van der Waals surface area contributed by atoms with Gasteiger partial charge in [0.2, 0.25) is 0 Å². The van der Waals surface area contributed by atoms with E-state index in [-0.39, 0.29) is 0 Å². The van der Waals surface area contributed by atoms with Gasteiger partial charge in [-0.25, -0.2) is 13.2 Å². The lowest BCUT2D eigenvalue weighted by atomic mass is 10.2. The van der Waals surface area contributed by atoms with Crippen LogP contribution >= 0.6 is 0 Å². The minimum atomic E-state index is -7.60. The molecule has 2 unspecified atom stereocenters. The van der Waals surface area contributed by atoms with Gasteiger partial charge < -0.3 is 0 Å². The largest absolute Gasteiger partial charge is 0.458 e. The number of hydrogen-bond acceptors (Lipinski definition) is 2. The first-order valence-corrected chi connectivity index (χ1v) is 5.29. The first-order chi connectivity index (χ1) is 11.0. The number of hydrogen-bond donors (Lipinski definition) is 0. The number of rotatable bonds is 7. The van der Waals surface area contributed by atoms with Crippen molar-refractivity contribution in [3.05, 3.63) is 0 Å². The fourth-order valence-corrected chi connectivity index (χ4v) is 0.927. The van der Waals surface area contributed by atoms with Gasteiger partial charge in [-0.1, -0.05) is 0 Å². The van der Waals surface area contributed by atoms with E-state index in [2.05, 4.69) is 0 Å². The Kier molecular flexibility index (Phi) is 6.44. The van der Waals surface area contributed by atoms with Crippen molar-refractivity contribution in [2.24, 2.45) is 0 Å². The average molecular weight is 434 g/mol. The predicted octanol–water partition coefficient (Wildman–Crippen LogP) is 5.19. The molecule has 0 N–H and O–H groups in total. The molecule has 0 rings (SSSR count). The summed E-state index contributed by atoms with van der Waals surface area (Å²) in [6.07, 6.45) is -39.9. The summed E-state index contributed by atoms with van der Waals surface area (Å²) in [5.74, 6) is -14.6. The van der Waals surface area contributed by atoms with E-state index in [9.17, 15) is 70.2 Å². The van der Waals surface area contributed by atoms with Gasteiger partial charge in [0.15, 0.2) is 0 Å². The highest BCUT2D eigenvalue weighted by Gasteiger charge is 2.81. The molecule has 0 spiro atoms. The Bertz CT molecular complexity index is 480. The van der Waals surface area contributed by atoms with Crippen molar-refractivity contribution in [3.8, 4) is 0 Å². The molecule has 18 heteroatoms. The maximum atomic E-state index is 13.3. The molecule has 0 aromatic carbocycles. The molecule has 0 radical (unpaired) electrons. The predicted molar refractivity (Wildman–Crippen MR) is 43.9 cm³/mol. The fraction of sp³-hybridized carbons (Fsp3) is 1.00. The standard InChI is InChI=1S/C8H2F16O2/c9-1(10)3(12,13)7(21,22)26-5(17,6(18,19)20)8(23,24)25-2(11)4(14,15)16/h1-2H. The minimum Gasteiger partial charge on any atom is -0.272 e. The minimum absolute atomic E-state index is 1.43. The van der Waals surface area contributed by atoms with E-state index >= 15 is 0 Å². The van der Waals surface area contributed by atoms with E-state index in [0.717, 1.165) is 0 Å². The topological polar surface area (TPSA) is 18.5 Å². The summed E-state index contributed by atoms with van der Waals surface area (Å²) >= 11 is 0. The lowest BCUT2D eigenvalue weighted by Gasteiger charge is -2.38. The molecule has 2 nitrogen and oxygen atoms in total. The van der Waals surface area contributed by atoms with Crippen LogP contribution in [0.3, 0.4) is 0 Å². The molecule has 0 amide bonds.